The zero-order valence-electron chi connectivity index (χ0n) is 15.1. The summed E-state index contributed by atoms with van der Waals surface area (Å²) in [6.45, 7) is 4.51. The van der Waals surface area contributed by atoms with Gasteiger partial charge in [0.1, 0.15) is 0 Å². The summed E-state index contributed by atoms with van der Waals surface area (Å²) in [6, 6.07) is 14.3. The molecule has 1 amide bonds. The van der Waals surface area contributed by atoms with Gasteiger partial charge in [-0.25, -0.2) is 12.7 Å². The Morgan fingerprint density at radius 2 is 1.68 bits per heavy atom. The molecular weight excluding hydrogens is 336 g/mol. The topological polar surface area (TPSA) is 57.7 Å². The average Bonchev–Trinajstić information content (AvgIpc) is 2.56. The lowest BCUT2D eigenvalue weighted by Crippen LogP contribution is -2.32. The first-order valence-electron chi connectivity index (χ1n) is 8.14. The minimum Gasteiger partial charge on any atom is -0.312 e. The van der Waals surface area contributed by atoms with Crippen LogP contribution in [0.25, 0.3) is 0 Å². The number of likely N-dealkylation sites (N-methyl/N-ethyl adjacent to an activating group) is 1. The van der Waals surface area contributed by atoms with Crippen LogP contribution in [-0.2, 0) is 21.2 Å². The molecule has 0 heterocycles. The van der Waals surface area contributed by atoms with Crippen LogP contribution in [0.15, 0.2) is 53.4 Å². The molecule has 0 saturated heterocycles. The maximum absolute atomic E-state index is 12.6. The van der Waals surface area contributed by atoms with Gasteiger partial charge in [0, 0.05) is 26.3 Å². The lowest BCUT2D eigenvalue weighted by molar-refractivity contribution is -0.117. The number of benzene rings is 2. The van der Waals surface area contributed by atoms with E-state index in [1.54, 1.807) is 29.2 Å². The Hall–Kier alpha value is -2.18. The Labute approximate surface area is 149 Å². The van der Waals surface area contributed by atoms with Gasteiger partial charge < -0.3 is 4.90 Å². The number of hydrogen-bond acceptors (Lipinski definition) is 3. The third-order valence-corrected chi connectivity index (χ3v) is 5.82. The predicted molar refractivity (Wildman–Crippen MR) is 100 cm³/mol. The highest BCUT2D eigenvalue weighted by Gasteiger charge is 2.18. The Kier molecular flexibility index (Phi) is 5.98. The highest BCUT2D eigenvalue weighted by molar-refractivity contribution is 7.89. The first-order chi connectivity index (χ1) is 11.8. The van der Waals surface area contributed by atoms with E-state index in [9.17, 15) is 13.2 Å². The number of aryl methyl sites for hydroxylation is 1. The standard InChI is InChI=1S/C19H24N2O3S/c1-5-21(17-8-6-7-15(2)13-17)19(22)14-16-9-11-18(12-10-16)25(23,24)20(3)4/h6-13H,5,14H2,1-4H3. The number of carbonyl (C=O) groups is 1. The van der Waals surface area contributed by atoms with E-state index in [0.717, 1.165) is 16.8 Å². The van der Waals surface area contributed by atoms with Gasteiger partial charge in [-0.2, -0.15) is 0 Å². The van der Waals surface area contributed by atoms with E-state index in [1.165, 1.54) is 18.4 Å². The number of anilines is 1. The average molecular weight is 360 g/mol. The lowest BCUT2D eigenvalue weighted by Gasteiger charge is -2.21. The van der Waals surface area contributed by atoms with Crippen molar-refractivity contribution in [2.75, 3.05) is 25.5 Å². The minimum atomic E-state index is -3.45. The lowest BCUT2D eigenvalue weighted by atomic mass is 10.1. The molecule has 6 heteroatoms. The normalized spacial score (nSPS) is 11.6. The monoisotopic (exact) mass is 360 g/mol. The smallest absolute Gasteiger partial charge is 0.242 e. The molecule has 25 heavy (non-hydrogen) atoms. The van der Waals surface area contributed by atoms with Crippen LogP contribution in [0.4, 0.5) is 5.69 Å². The van der Waals surface area contributed by atoms with Gasteiger partial charge in [-0.3, -0.25) is 4.79 Å². The van der Waals surface area contributed by atoms with E-state index in [0.29, 0.717) is 6.54 Å². The highest BCUT2D eigenvalue weighted by Crippen LogP contribution is 2.18. The molecule has 0 aliphatic rings. The molecular formula is C19H24N2O3S. The molecule has 0 aliphatic heterocycles. The van der Waals surface area contributed by atoms with E-state index >= 15 is 0 Å². The van der Waals surface area contributed by atoms with E-state index in [4.69, 9.17) is 0 Å². The van der Waals surface area contributed by atoms with Crippen molar-refractivity contribution in [1.29, 1.82) is 0 Å². The first-order valence-corrected chi connectivity index (χ1v) is 9.58. The Bertz CT molecular complexity index is 843. The van der Waals surface area contributed by atoms with Crippen molar-refractivity contribution in [1.82, 2.24) is 4.31 Å². The maximum atomic E-state index is 12.6. The van der Waals surface area contributed by atoms with E-state index in [2.05, 4.69) is 0 Å². The highest BCUT2D eigenvalue weighted by atomic mass is 32.2. The second kappa shape index (κ2) is 7.80. The molecule has 0 unspecified atom stereocenters. The zero-order chi connectivity index (χ0) is 18.6. The van der Waals surface area contributed by atoms with Gasteiger partial charge in [-0.05, 0) is 49.2 Å². The Morgan fingerprint density at radius 1 is 1.04 bits per heavy atom. The Morgan fingerprint density at radius 3 is 2.20 bits per heavy atom. The molecule has 0 fully saturated rings. The number of sulfonamides is 1. The number of amides is 1. The van der Waals surface area contributed by atoms with Crippen LogP contribution in [0, 0.1) is 6.92 Å². The summed E-state index contributed by atoms with van der Waals surface area (Å²) in [5.74, 6) is -0.0173. The molecule has 0 aromatic heterocycles. The van der Waals surface area contributed by atoms with Crippen LogP contribution in [0.2, 0.25) is 0 Å². The number of carbonyl (C=O) groups excluding carboxylic acids is 1. The maximum Gasteiger partial charge on any atom is 0.242 e. The summed E-state index contributed by atoms with van der Waals surface area (Å²) in [5.41, 5.74) is 2.76. The van der Waals surface area contributed by atoms with Crippen molar-refractivity contribution in [3.05, 3.63) is 59.7 Å². The minimum absolute atomic E-state index is 0.0173. The van der Waals surface area contributed by atoms with Crippen molar-refractivity contribution < 1.29 is 13.2 Å². The number of rotatable bonds is 6. The summed E-state index contributed by atoms with van der Waals surface area (Å²) in [6.07, 6.45) is 0.226. The molecule has 0 radical (unpaired) electrons. The molecule has 2 rings (SSSR count). The van der Waals surface area contributed by atoms with Crippen molar-refractivity contribution in [2.45, 2.75) is 25.2 Å². The first kappa shape index (κ1) is 19.1. The fourth-order valence-electron chi connectivity index (χ4n) is 2.56. The summed E-state index contributed by atoms with van der Waals surface area (Å²) in [5, 5.41) is 0. The molecule has 0 spiro atoms. The second-order valence-electron chi connectivity index (χ2n) is 6.09. The quantitative estimate of drug-likeness (QED) is 0.796. The summed E-state index contributed by atoms with van der Waals surface area (Å²) in [7, 11) is -0.465. The van der Waals surface area contributed by atoms with Crippen LogP contribution in [0.1, 0.15) is 18.1 Å². The van der Waals surface area contributed by atoms with Gasteiger partial charge in [-0.1, -0.05) is 24.3 Å². The van der Waals surface area contributed by atoms with E-state index in [-0.39, 0.29) is 17.2 Å². The SMILES string of the molecule is CCN(C(=O)Cc1ccc(S(=O)(=O)N(C)C)cc1)c1cccc(C)c1. The van der Waals surface area contributed by atoms with Gasteiger partial charge in [0.05, 0.1) is 11.3 Å². The van der Waals surface area contributed by atoms with Gasteiger partial charge in [0.25, 0.3) is 0 Å². The second-order valence-corrected chi connectivity index (χ2v) is 8.24. The van der Waals surface area contributed by atoms with Crippen molar-refractivity contribution in [3.8, 4) is 0 Å². The van der Waals surface area contributed by atoms with E-state index in [1.807, 2.05) is 38.1 Å². The largest absolute Gasteiger partial charge is 0.312 e. The third kappa shape index (κ3) is 4.46. The molecule has 0 N–H and O–H groups in total. The van der Waals surface area contributed by atoms with Crippen molar-refractivity contribution in [3.63, 3.8) is 0 Å². The van der Waals surface area contributed by atoms with Crippen molar-refractivity contribution >= 4 is 21.6 Å². The van der Waals surface area contributed by atoms with Gasteiger partial charge in [0.2, 0.25) is 15.9 Å². The molecule has 5 nitrogen and oxygen atoms in total. The summed E-state index contributed by atoms with van der Waals surface area (Å²) < 4.78 is 25.3. The molecule has 0 aliphatic carbocycles. The molecule has 0 bridgehead atoms. The van der Waals surface area contributed by atoms with E-state index < -0.39 is 10.0 Å². The van der Waals surface area contributed by atoms with Gasteiger partial charge >= 0.3 is 0 Å². The van der Waals surface area contributed by atoms with Crippen LogP contribution in [0.5, 0.6) is 0 Å². The van der Waals surface area contributed by atoms with Crippen LogP contribution in [0.3, 0.4) is 0 Å². The van der Waals surface area contributed by atoms with Gasteiger partial charge in [0.15, 0.2) is 0 Å². The predicted octanol–water partition coefficient (Wildman–Crippen LogP) is 2.84. The number of hydrogen-bond donors (Lipinski definition) is 0. The van der Waals surface area contributed by atoms with Crippen LogP contribution < -0.4 is 4.90 Å². The fraction of sp³-hybridized carbons (Fsp3) is 0.316. The number of nitrogens with zero attached hydrogens (tertiary/aromatic N) is 2. The Balaban J connectivity index is 2.17. The summed E-state index contributed by atoms with van der Waals surface area (Å²) >= 11 is 0. The van der Waals surface area contributed by atoms with Gasteiger partial charge in [-0.15, -0.1) is 0 Å². The fourth-order valence-corrected chi connectivity index (χ4v) is 3.46. The molecule has 0 atom stereocenters. The summed E-state index contributed by atoms with van der Waals surface area (Å²) in [4.78, 5) is 14.6. The molecule has 2 aromatic rings. The molecule has 0 saturated carbocycles. The molecule has 2 aromatic carbocycles. The zero-order valence-corrected chi connectivity index (χ0v) is 15.9. The molecule has 134 valence electrons. The third-order valence-electron chi connectivity index (χ3n) is 3.99. The van der Waals surface area contributed by atoms with Crippen LogP contribution in [-0.4, -0.2) is 39.3 Å². The van der Waals surface area contributed by atoms with Crippen molar-refractivity contribution in [2.24, 2.45) is 0 Å². The van der Waals surface area contributed by atoms with Crippen LogP contribution >= 0.6 is 0 Å².